The highest BCUT2D eigenvalue weighted by molar-refractivity contribution is 14.0. The van der Waals surface area contributed by atoms with E-state index in [1.54, 1.807) is 21.3 Å². The van der Waals surface area contributed by atoms with Crippen LogP contribution in [0.25, 0.3) is 0 Å². The molecule has 0 saturated carbocycles. The van der Waals surface area contributed by atoms with Crippen LogP contribution in [-0.4, -0.2) is 59.4 Å². The van der Waals surface area contributed by atoms with E-state index in [9.17, 15) is 0 Å². The third kappa shape index (κ3) is 8.10. The van der Waals surface area contributed by atoms with Gasteiger partial charge in [-0.05, 0) is 50.8 Å². The van der Waals surface area contributed by atoms with Gasteiger partial charge in [0, 0.05) is 24.7 Å². The SMILES string of the molecule is CCNC(=NCc1ccc(OC)cc1OC)NCC(c1cccc(OC)c1)N(C)C.I. The summed E-state index contributed by atoms with van der Waals surface area (Å²) in [6.45, 7) is 4.02. The third-order valence-corrected chi connectivity index (χ3v) is 4.81. The predicted molar refractivity (Wildman–Crippen MR) is 137 cm³/mol. The van der Waals surface area contributed by atoms with Gasteiger partial charge in [0.2, 0.25) is 0 Å². The number of aliphatic imine (C=N–C) groups is 1. The van der Waals surface area contributed by atoms with Crippen LogP contribution in [0.2, 0.25) is 0 Å². The molecule has 0 spiro atoms. The van der Waals surface area contributed by atoms with Crippen molar-refractivity contribution >= 4 is 29.9 Å². The first-order valence-corrected chi connectivity index (χ1v) is 10.1. The quantitative estimate of drug-likeness (QED) is 0.271. The van der Waals surface area contributed by atoms with Crippen LogP contribution in [0.1, 0.15) is 24.1 Å². The van der Waals surface area contributed by atoms with Crippen LogP contribution in [0.4, 0.5) is 0 Å². The van der Waals surface area contributed by atoms with Crippen molar-refractivity contribution in [2.75, 3.05) is 48.5 Å². The van der Waals surface area contributed by atoms with Gasteiger partial charge in [-0.1, -0.05) is 12.1 Å². The molecule has 0 aliphatic rings. The highest BCUT2D eigenvalue weighted by Crippen LogP contribution is 2.25. The van der Waals surface area contributed by atoms with E-state index in [2.05, 4.69) is 48.7 Å². The van der Waals surface area contributed by atoms with Crippen molar-refractivity contribution < 1.29 is 14.2 Å². The minimum atomic E-state index is 0. The fraction of sp³-hybridized carbons (Fsp3) is 0.435. The molecule has 2 aromatic carbocycles. The number of guanidine groups is 1. The summed E-state index contributed by atoms with van der Waals surface area (Å²) in [5.74, 6) is 3.13. The van der Waals surface area contributed by atoms with Gasteiger partial charge in [0.1, 0.15) is 17.2 Å². The van der Waals surface area contributed by atoms with Crippen LogP contribution in [-0.2, 0) is 6.54 Å². The Hall–Kier alpha value is -2.20. The Morgan fingerprint density at radius 3 is 2.29 bits per heavy atom. The summed E-state index contributed by atoms with van der Waals surface area (Å²) in [4.78, 5) is 6.92. The summed E-state index contributed by atoms with van der Waals surface area (Å²) in [6.07, 6.45) is 0. The summed E-state index contributed by atoms with van der Waals surface area (Å²) >= 11 is 0. The summed E-state index contributed by atoms with van der Waals surface area (Å²) < 4.78 is 16.1. The highest BCUT2D eigenvalue weighted by atomic mass is 127. The zero-order chi connectivity index (χ0) is 21.9. The fourth-order valence-corrected chi connectivity index (χ4v) is 3.13. The molecule has 1 unspecified atom stereocenters. The number of methoxy groups -OCH3 is 3. The molecule has 0 bridgehead atoms. The Morgan fingerprint density at radius 2 is 1.68 bits per heavy atom. The van der Waals surface area contributed by atoms with E-state index < -0.39 is 0 Å². The van der Waals surface area contributed by atoms with Gasteiger partial charge in [-0.3, -0.25) is 0 Å². The van der Waals surface area contributed by atoms with E-state index in [0.29, 0.717) is 13.1 Å². The van der Waals surface area contributed by atoms with E-state index in [1.807, 2.05) is 30.3 Å². The van der Waals surface area contributed by atoms with Crippen LogP contribution in [0.3, 0.4) is 0 Å². The molecule has 0 heterocycles. The van der Waals surface area contributed by atoms with Crippen molar-refractivity contribution in [1.29, 1.82) is 0 Å². The largest absolute Gasteiger partial charge is 0.497 e. The van der Waals surface area contributed by atoms with Crippen LogP contribution in [0.15, 0.2) is 47.5 Å². The number of rotatable bonds is 10. The standard InChI is InChI=1S/C23H34N4O3.HI/c1-7-24-23(25-15-18-11-12-20(29-5)14-22(18)30-6)26-16-21(27(2)3)17-9-8-10-19(13-17)28-4;/h8-14,21H,7,15-16H2,1-6H3,(H2,24,25,26);1H. The van der Waals surface area contributed by atoms with Crippen LogP contribution in [0.5, 0.6) is 17.2 Å². The number of hydrogen-bond donors (Lipinski definition) is 2. The van der Waals surface area contributed by atoms with Gasteiger partial charge in [0.05, 0.1) is 33.9 Å². The maximum absolute atomic E-state index is 5.48. The maximum atomic E-state index is 5.48. The molecule has 8 heteroatoms. The van der Waals surface area contributed by atoms with Crippen molar-refractivity contribution in [1.82, 2.24) is 15.5 Å². The second-order valence-corrected chi connectivity index (χ2v) is 7.01. The van der Waals surface area contributed by atoms with E-state index in [0.717, 1.165) is 35.3 Å². The lowest BCUT2D eigenvalue weighted by molar-refractivity contribution is 0.297. The molecule has 31 heavy (non-hydrogen) atoms. The number of likely N-dealkylation sites (N-methyl/N-ethyl adjacent to an activating group) is 1. The summed E-state index contributed by atoms with van der Waals surface area (Å²) in [5, 5.41) is 6.77. The summed E-state index contributed by atoms with van der Waals surface area (Å²) in [5.41, 5.74) is 2.17. The lowest BCUT2D eigenvalue weighted by Crippen LogP contribution is -2.41. The number of hydrogen-bond acceptors (Lipinski definition) is 5. The molecule has 2 rings (SSSR count). The Bertz CT molecular complexity index is 830. The van der Waals surface area contributed by atoms with Crippen molar-refractivity contribution in [3.05, 3.63) is 53.6 Å². The Kier molecular flexibility index (Phi) is 12.1. The van der Waals surface area contributed by atoms with Crippen molar-refractivity contribution in [3.8, 4) is 17.2 Å². The molecule has 1 atom stereocenters. The average molecular weight is 542 g/mol. The molecule has 0 aromatic heterocycles. The first-order chi connectivity index (χ1) is 14.5. The summed E-state index contributed by atoms with van der Waals surface area (Å²) in [7, 11) is 9.12. The molecular weight excluding hydrogens is 507 g/mol. The van der Waals surface area contributed by atoms with Gasteiger partial charge in [-0.2, -0.15) is 0 Å². The van der Waals surface area contributed by atoms with Crippen LogP contribution >= 0.6 is 24.0 Å². The highest BCUT2D eigenvalue weighted by Gasteiger charge is 2.15. The second kappa shape index (κ2) is 14.0. The Morgan fingerprint density at radius 1 is 0.968 bits per heavy atom. The van der Waals surface area contributed by atoms with Crippen molar-refractivity contribution in [2.45, 2.75) is 19.5 Å². The smallest absolute Gasteiger partial charge is 0.191 e. The molecule has 2 aromatic rings. The molecule has 0 saturated heterocycles. The summed E-state index contributed by atoms with van der Waals surface area (Å²) in [6, 6.07) is 14.1. The lowest BCUT2D eigenvalue weighted by Gasteiger charge is -2.26. The topological polar surface area (TPSA) is 67.4 Å². The molecule has 0 radical (unpaired) electrons. The maximum Gasteiger partial charge on any atom is 0.191 e. The second-order valence-electron chi connectivity index (χ2n) is 7.01. The molecule has 0 aliphatic carbocycles. The van der Waals surface area contributed by atoms with Gasteiger partial charge in [-0.25, -0.2) is 4.99 Å². The molecule has 172 valence electrons. The molecule has 0 aliphatic heterocycles. The van der Waals surface area contributed by atoms with Gasteiger partial charge in [0.25, 0.3) is 0 Å². The van der Waals surface area contributed by atoms with Crippen LogP contribution in [0, 0.1) is 0 Å². The number of halogens is 1. The van der Waals surface area contributed by atoms with Crippen molar-refractivity contribution in [3.63, 3.8) is 0 Å². The zero-order valence-corrected chi connectivity index (χ0v) is 21.6. The van der Waals surface area contributed by atoms with E-state index in [1.165, 1.54) is 5.56 Å². The van der Waals surface area contributed by atoms with E-state index >= 15 is 0 Å². The van der Waals surface area contributed by atoms with Crippen molar-refractivity contribution in [2.24, 2.45) is 4.99 Å². The molecule has 7 nitrogen and oxygen atoms in total. The molecular formula is C23H35IN4O3. The first kappa shape index (κ1) is 26.8. The Balaban J connectivity index is 0.00000480. The molecule has 0 fully saturated rings. The van der Waals surface area contributed by atoms with E-state index in [-0.39, 0.29) is 30.0 Å². The van der Waals surface area contributed by atoms with Gasteiger partial charge >= 0.3 is 0 Å². The number of nitrogens with one attached hydrogen (secondary N) is 2. The normalized spacial score (nSPS) is 12.0. The predicted octanol–water partition coefficient (Wildman–Crippen LogP) is 3.69. The number of benzene rings is 2. The van der Waals surface area contributed by atoms with Gasteiger partial charge in [-0.15, -0.1) is 24.0 Å². The Labute approximate surface area is 203 Å². The third-order valence-electron chi connectivity index (χ3n) is 4.81. The molecule has 2 N–H and O–H groups in total. The zero-order valence-electron chi connectivity index (χ0n) is 19.3. The van der Waals surface area contributed by atoms with Gasteiger partial charge in [0.15, 0.2) is 5.96 Å². The minimum Gasteiger partial charge on any atom is -0.497 e. The van der Waals surface area contributed by atoms with Gasteiger partial charge < -0.3 is 29.7 Å². The average Bonchev–Trinajstić information content (AvgIpc) is 2.77. The minimum absolute atomic E-state index is 0. The lowest BCUT2D eigenvalue weighted by atomic mass is 10.1. The fourth-order valence-electron chi connectivity index (χ4n) is 3.13. The van der Waals surface area contributed by atoms with E-state index in [4.69, 9.17) is 19.2 Å². The monoisotopic (exact) mass is 542 g/mol. The van der Waals surface area contributed by atoms with Crippen LogP contribution < -0.4 is 24.8 Å². The first-order valence-electron chi connectivity index (χ1n) is 10.1. The number of nitrogens with zero attached hydrogens (tertiary/aromatic N) is 2. The number of ether oxygens (including phenoxy) is 3. The molecule has 0 amide bonds.